The lowest BCUT2D eigenvalue weighted by Gasteiger charge is -2.13. The summed E-state index contributed by atoms with van der Waals surface area (Å²) < 4.78 is 0. The number of alkyl halides is 1. The van der Waals surface area contributed by atoms with Crippen LogP contribution in [0.1, 0.15) is 29.8 Å². The number of hydrogen-bond acceptors (Lipinski definition) is 3. The highest BCUT2D eigenvalue weighted by Crippen LogP contribution is 2.29. The van der Waals surface area contributed by atoms with Gasteiger partial charge in [0.05, 0.1) is 5.51 Å². The standard InChI is InChI=1S/C10H13ClN2OS/c11-8-3-1-2-7(8)4-12-10(14)9-5-15-6-13-9/h5-8H,1-4H2,(H,12,14). The number of amides is 1. The van der Waals surface area contributed by atoms with Gasteiger partial charge in [0.1, 0.15) is 5.69 Å². The van der Waals surface area contributed by atoms with Crippen molar-refractivity contribution in [1.82, 2.24) is 10.3 Å². The van der Waals surface area contributed by atoms with E-state index in [1.807, 2.05) is 0 Å². The Morgan fingerprint density at radius 3 is 3.13 bits per heavy atom. The SMILES string of the molecule is O=C(NCC1CCCC1Cl)c1cscn1. The molecule has 1 N–H and O–H groups in total. The number of carbonyl (C=O) groups is 1. The molecule has 0 spiro atoms. The van der Waals surface area contributed by atoms with Crippen LogP contribution in [0.5, 0.6) is 0 Å². The third-order valence-electron chi connectivity index (χ3n) is 2.76. The van der Waals surface area contributed by atoms with Gasteiger partial charge < -0.3 is 5.32 Å². The molecule has 0 saturated heterocycles. The second kappa shape index (κ2) is 4.94. The predicted octanol–water partition coefficient (Wildman–Crippen LogP) is 2.28. The van der Waals surface area contributed by atoms with E-state index in [0.717, 1.165) is 12.8 Å². The molecular weight excluding hydrogens is 232 g/mol. The van der Waals surface area contributed by atoms with Crippen LogP contribution in [0.15, 0.2) is 10.9 Å². The van der Waals surface area contributed by atoms with Crippen molar-refractivity contribution in [3.05, 3.63) is 16.6 Å². The molecule has 1 aliphatic carbocycles. The minimum absolute atomic E-state index is 0.0907. The summed E-state index contributed by atoms with van der Waals surface area (Å²) in [5.74, 6) is 0.335. The molecule has 0 aromatic carbocycles. The molecular formula is C10H13ClN2OS. The van der Waals surface area contributed by atoms with Gasteiger partial charge in [0.15, 0.2) is 0 Å². The number of aromatic nitrogens is 1. The molecule has 1 saturated carbocycles. The van der Waals surface area contributed by atoms with Crippen LogP contribution in [0, 0.1) is 5.92 Å². The van der Waals surface area contributed by atoms with Crippen LogP contribution >= 0.6 is 22.9 Å². The van der Waals surface area contributed by atoms with Crippen LogP contribution in [0.3, 0.4) is 0 Å². The maximum atomic E-state index is 11.6. The van der Waals surface area contributed by atoms with Crippen molar-refractivity contribution >= 4 is 28.8 Å². The molecule has 1 aliphatic rings. The topological polar surface area (TPSA) is 42.0 Å². The lowest BCUT2D eigenvalue weighted by Crippen LogP contribution is -2.31. The molecule has 1 amide bonds. The van der Waals surface area contributed by atoms with Crippen molar-refractivity contribution < 1.29 is 4.79 Å². The Labute approximate surface area is 97.9 Å². The highest BCUT2D eigenvalue weighted by molar-refractivity contribution is 7.07. The second-order valence-corrected chi connectivity index (χ2v) is 5.07. The zero-order valence-corrected chi connectivity index (χ0v) is 9.85. The molecule has 1 fully saturated rings. The average molecular weight is 245 g/mol. The largest absolute Gasteiger partial charge is 0.350 e. The van der Waals surface area contributed by atoms with Crippen molar-refractivity contribution in [2.75, 3.05) is 6.54 Å². The van der Waals surface area contributed by atoms with Crippen molar-refractivity contribution in [2.45, 2.75) is 24.6 Å². The van der Waals surface area contributed by atoms with Crippen LogP contribution in [-0.4, -0.2) is 22.8 Å². The van der Waals surface area contributed by atoms with Crippen LogP contribution < -0.4 is 5.32 Å². The van der Waals surface area contributed by atoms with Gasteiger partial charge in [-0.2, -0.15) is 0 Å². The van der Waals surface area contributed by atoms with Gasteiger partial charge in [0, 0.05) is 17.3 Å². The normalized spacial score (nSPS) is 25.4. The molecule has 1 heterocycles. The van der Waals surface area contributed by atoms with Crippen molar-refractivity contribution in [3.8, 4) is 0 Å². The minimum atomic E-state index is -0.0907. The molecule has 2 atom stereocenters. The summed E-state index contributed by atoms with van der Waals surface area (Å²) in [4.78, 5) is 15.5. The number of carbonyl (C=O) groups excluding carboxylic acids is 1. The molecule has 2 rings (SSSR count). The Bertz CT molecular complexity index is 328. The third-order valence-corrected chi connectivity index (χ3v) is 3.92. The summed E-state index contributed by atoms with van der Waals surface area (Å²) in [6.45, 7) is 0.671. The number of thiazole rings is 1. The molecule has 3 nitrogen and oxygen atoms in total. The zero-order valence-electron chi connectivity index (χ0n) is 8.28. The Morgan fingerprint density at radius 1 is 1.67 bits per heavy atom. The second-order valence-electron chi connectivity index (χ2n) is 3.79. The lowest BCUT2D eigenvalue weighted by molar-refractivity contribution is 0.0943. The molecule has 1 aromatic rings. The maximum absolute atomic E-state index is 11.6. The molecule has 1 aromatic heterocycles. The van der Waals surface area contributed by atoms with Crippen LogP contribution in [-0.2, 0) is 0 Å². The Hall–Kier alpha value is -0.610. The molecule has 82 valence electrons. The first-order valence-corrected chi connectivity index (χ1v) is 6.46. The van der Waals surface area contributed by atoms with Gasteiger partial charge in [-0.05, 0) is 18.8 Å². The summed E-state index contributed by atoms with van der Waals surface area (Å²) in [5, 5.41) is 4.85. The van der Waals surface area contributed by atoms with E-state index in [9.17, 15) is 4.79 Å². The number of halogens is 1. The van der Waals surface area contributed by atoms with Gasteiger partial charge in [-0.3, -0.25) is 4.79 Å². The Morgan fingerprint density at radius 2 is 2.53 bits per heavy atom. The monoisotopic (exact) mass is 244 g/mol. The fraction of sp³-hybridized carbons (Fsp3) is 0.600. The Balaban J connectivity index is 1.81. The van der Waals surface area contributed by atoms with Crippen LogP contribution in [0.25, 0.3) is 0 Å². The van der Waals surface area contributed by atoms with E-state index < -0.39 is 0 Å². The molecule has 2 unspecified atom stereocenters. The number of nitrogens with zero attached hydrogens (tertiary/aromatic N) is 1. The summed E-state index contributed by atoms with van der Waals surface area (Å²) in [7, 11) is 0. The van der Waals surface area contributed by atoms with E-state index in [-0.39, 0.29) is 11.3 Å². The predicted molar refractivity (Wildman–Crippen MR) is 61.4 cm³/mol. The zero-order chi connectivity index (χ0) is 10.7. The minimum Gasteiger partial charge on any atom is -0.350 e. The molecule has 0 bridgehead atoms. The first-order valence-electron chi connectivity index (χ1n) is 5.08. The van der Waals surface area contributed by atoms with E-state index in [2.05, 4.69) is 10.3 Å². The molecule has 0 aliphatic heterocycles. The van der Waals surface area contributed by atoms with Crippen molar-refractivity contribution in [2.24, 2.45) is 5.92 Å². The first-order chi connectivity index (χ1) is 7.27. The van der Waals surface area contributed by atoms with E-state index in [4.69, 9.17) is 11.6 Å². The van der Waals surface area contributed by atoms with Crippen LogP contribution in [0.4, 0.5) is 0 Å². The summed E-state index contributed by atoms with van der Waals surface area (Å²) in [5.41, 5.74) is 2.17. The summed E-state index contributed by atoms with van der Waals surface area (Å²) in [6, 6.07) is 0. The molecule has 0 radical (unpaired) electrons. The van der Waals surface area contributed by atoms with E-state index in [0.29, 0.717) is 18.2 Å². The van der Waals surface area contributed by atoms with Crippen LogP contribution in [0.2, 0.25) is 0 Å². The van der Waals surface area contributed by atoms with Crippen molar-refractivity contribution in [1.29, 1.82) is 0 Å². The summed E-state index contributed by atoms with van der Waals surface area (Å²) >= 11 is 7.55. The molecule has 15 heavy (non-hydrogen) atoms. The first kappa shape index (κ1) is 10.9. The van der Waals surface area contributed by atoms with Gasteiger partial charge in [-0.1, -0.05) is 6.42 Å². The fourth-order valence-electron chi connectivity index (χ4n) is 1.86. The van der Waals surface area contributed by atoms with E-state index >= 15 is 0 Å². The summed E-state index contributed by atoms with van der Waals surface area (Å²) in [6.07, 6.45) is 3.36. The smallest absolute Gasteiger partial charge is 0.270 e. The number of rotatable bonds is 3. The lowest BCUT2D eigenvalue weighted by atomic mass is 10.1. The average Bonchev–Trinajstić information content (AvgIpc) is 2.85. The van der Waals surface area contributed by atoms with Gasteiger partial charge in [-0.25, -0.2) is 4.98 Å². The van der Waals surface area contributed by atoms with Gasteiger partial charge >= 0.3 is 0 Å². The quantitative estimate of drug-likeness (QED) is 0.829. The number of hydrogen-bond donors (Lipinski definition) is 1. The molecule has 5 heteroatoms. The number of nitrogens with one attached hydrogen (secondary N) is 1. The maximum Gasteiger partial charge on any atom is 0.270 e. The fourth-order valence-corrected chi connectivity index (χ4v) is 2.76. The highest BCUT2D eigenvalue weighted by atomic mass is 35.5. The third kappa shape index (κ3) is 2.69. The highest BCUT2D eigenvalue weighted by Gasteiger charge is 2.25. The van der Waals surface area contributed by atoms with Gasteiger partial charge in [-0.15, -0.1) is 22.9 Å². The van der Waals surface area contributed by atoms with Gasteiger partial charge in [0.2, 0.25) is 0 Å². The van der Waals surface area contributed by atoms with Gasteiger partial charge in [0.25, 0.3) is 5.91 Å². The van der Waals surface area contributed by atoms with Crippen molar-refractivity contribution in [3.63, 3.8) is 0 Å². The Kier molecular flexibility index (Phi) is 3.59. The van der Waals surface area contributed by atoms with E-state index in [1.165, 1.54) is 17.8 Å². The van der Waals surface area contributed by atoms with E-state index in [1.54, 1.807) is 10.9 Å².